The summed E-state index contributed by atoms with van der Waals surface area (Å²) in [5.74, 6) is 0.668. The van der Waals surface area contributed by atoms with Crippen molar-refractivity contribution < 1.29 is 23.5 Å². The lowest BCUT2D eigenvalue weighted by Gasteiger charge is -2.39. The minimum Gasteiger partial charge on any atom is -0.450 e. The Labute approximate surface area is 237 Å². The van der Waals surface area contributed by atoms with E-state index in [2.05, 4.69) is 21.7 Å². The normalized spacial score (nSPS) is 18.1. The minimum absolute atomic E-state index is 0.167. The molecule has 220 valence electrons. The monoisotopic (exact) mass is 557 g/mol. The van der Waals surface area contributed by atoms with Crippen molar-refractivity contribution in [1.29, 1.82) is 0 Å². The second-order valence-electron chi connectivity index (χ2n) is 11.9. The van der Waals surface area contributed by atoms with Crippen LogP contribution in [0.1, 0.15) is 88.7 Å². The van der Waals surface area contributed by atoms with Crippen molar-refractivity contribution in [2.45, 2.75) is 97.5 Å². The number of aromatic nitrogens is 2. The van der Waals surface area contributed by atoms with Gasteiger partial charge in [0.05, 0.1) is 24.9 Å². The van der Waals surface area contributed by atoms with E-state index in [0.29, 0.717) is 32.2 Å². The van der Waals surface area contributed by atoms with Gasteiger partial charge in [0.15, 0.2) is 0 Å². The molecule has 0 spiro atoms. The number of rotatable bonds is 7. The van der Waals surface area contributed by atoms with Crippen LogP contribution >= 0.6 is 0 Å². The van der Waals surface area contributed by atoms with Crippen LogP contribution < -0.4 is 5.32 Å². The van der Waals surface area contributed by atoms with Crippen molar-refractivity contribution in [1.82, 2.24) is 24.7 Å². The van der Waals surface area contributed by atoms with E-state index in [9.17, 15) is 14.0 Å². The lowest BCUT2D eigenvalue weighted by atomic mass is 9.96. The van der Waals surface area contributed by atoms with Gasteiger partial charge >= 0.3 is 12.2 Å². The molecule has 0 bridgehead atoms. The van der Waals surface area contributed by atoms with Crippen molar-refractivity contribution >= 4 is 12.2 Å². The number of benzene rings is 1. The number of hydrogen-bond donors (Lipinski definition) is 1. The second-order valence-corrected chi connectivity index (χ2v) is 11.9. The number of imidazole rings is 1. The van der Waals surface area contributed by atoms with Crippen LogP contribution in [0.25, 0.3) is 0 Å². The van der Waals surface area contributed by atoms with Gasteiger partial charge in [-0.15, -0.1) is 0 Å². The first kappa shape index (κ1) is 29.8. The molecule has 1 aromatic carbocycles. The van der Waals surface area contributed by atoms with Gasteiger partial charge in [0.25, 0.3) is 0 Å². The molecular weight excluding hydrogens is 513 g/mol. The fraction of sp³-hybridized carbons (Fsp3) is 0.633. The molecule has 40 heavy (non-hydrogen) atoms. The Kier molecular flexibility index (Phi) is 9.38. The van der Waals surface area contributed by atoms with Crippen LogP contribution in [-0.4, -0.2) is 69.4 Å². The number of amides is 2. The van der Waals surface area contributed by atoms with Crippen LogP contribution in [0.15, 0.2) is 24.3 Å². The number of piperidine rings is 1. The zero-order valence-corrected chi connectivity index (χ0v) is 24.7. The van der Waals surface area contributed by atoms with E-state index >= 15 is 0 Å². The van der Waals surface area contributed by atoms with E-state index < -0.39 is 11.7 Å². The Morgan fingerprint density at radius 2 is 1.93 bits per heavy atom. The molecule has 2 amide bonds. The van der Waals surface area contributed by atoms with Gasteiger partial charge in [0, 0.05) is 43.8 Å². The van der Waals surface area contributed by atoms with Crippen molar-refractivity contribution in [3.8, 4) is 0 Å². The summed E-state index contributed by atoms with van der Waals surface area (Å²) in [6, 6.07) is 6.56. The van der Waals surface area contributed by atoms with Gasteiger partial charge in [0.2, 0.25) is 0 Å². The van der Waals surface area contributed by atoms with Gasteiger partial charge in [-0.2, -0.15) is 0 Å². The summed E-state index contributed by atoms with van der Waals surface area (Å²) in [5, 5.41) is 2.98. The smallest absolute Gasteiger partial charge is 0.410 e. The summed E-state index contributed by atoms with van der Waals surface area (Å²) < 4.78 is 27.1. The number of aryl methyl sites for hydroxylation is 1. The number of nitrogens with one attached hydrogen (secondary N) is 1. The third kappa shape index (κ3) is 7.33. The van der Waals surface area contributed by atoms with Crippen molar-refractivity contribution in [3.05, 3.63) is 52.9 Å². The van der Waals surface area contributed by atoms with Gasteiger partial charge in [-0.05, 0) is 78.5 Å². The maximum Gasteiger partial charge on any atom is 0.410 e. The quantitative estimate of drug-likeness (QED) is 0.482. The van der Waals surface area contributed by atoms with E-state index in [1.165, 1.54) is 17.8 Å². The highest BCUT2D eigenvalue weighted by Gasteiger charge is 2.32. The number of carbonyl (C=O) groups excluding carboxylic acids is 2. The molecule has 2 aliphatic heterocycles. The van der Waals surface area contributed by atoms with Crippen LogP contribution in [0.4, 0.5) is 14.0 Å². The van der Waals surface area contributed by atoms with E-state index in [-0.39, 0.29) is 24.0 Å². The number of ether oxygens (including phenoxy) is 2. The molecular formula is C30H44FN5O4. The molecule has 1 fully saturated rings. The van der Waals surface area contributed by atoms with Crippen LogP contribution in [0.5, 0.6) is 0 Å². The van der Waals surface area contributed by atoms with Crippen LogP contribution in [0.3, 0.4) is 0 Å². The summed E-state index contributed by atoms with van der Waals surface area (Å²) in [6.07, 6.45) is 2.60. The van der Waals surface area contributed by atoms with Gasteiger partial charge in [-0.1, -0.05) is 12.1 Å². The van der Waals surface area contributed by atoms with E-state index in [0.717, 1.165) is 49.4 Å². The number of nitrogens with zero attached hydrogens (tertiary/aromatic N) is 4. The molecule has 0 aliphatic carbocycles. The predicted molar refractivity (Wildman–Crippen MR) is 151 cm³/mol. The minimum atomic E-state index is -0.619. The Hall–Kier alpha value is -3.14. The topological polar surface area (TPSA) is 88.9 Å². The molecule has 3 heterocycles. The van der Waals surface area contributed by atoms with E-state index in [1.54, 1.807) is 11.0 Å². The third-order valence-electron chi connectivity index (χ3n) is 7.76. The Balaban J connectivity index is 1.39. The van der Waals surface area contributed by atoms with Crippen LogP contribution in [-0.2, 0) is 22.4 Å². The molecule has 1 aromatic heterocycles. The Morgan fingerprint density at radius 1 is 1.20 bits per heavy atom. The molecule has 0 saturated carbocycles. The second kappa shape index (κ2) is 12.6. The number of fused-ring (bicyclic) bond motifs is 1. The van der Waals surface area contributed by atoms with E-state index in [1.807, 2.05) is 40.7 Å². The first-order chi connectivity index (χ1) is 18.9. The number of likely N-dealkylation sites (tertiary alicyclic amines) is 1. The average molecular weight is 558 g/mol. The standard InChI is InChI=1S/C30H44FN5O4/c1-7-39-29(38)35-16-13-27-26(19-35)32-21(3)36(27)24-11-14-34(15-12-24)20(2)17-25(22-9-8-10-23(31)18-22)33-28(37)40-30(4,5)6/h8-10,18,20,24-25H,7,11-17,19H2,1-6H3,(H,33,37)/t20?,25-/m0/s1. The number of halogens is 1. The molecule has 10 heteroatoms. The van der Waals surface area contributed by atoms with Crippen LogP contribution in [0, 0.1) is 12.7 Å². The lowest BCUT2D eigenvalue weighted by Crippen LogP contribution is -2.43. The fourth-order valence-corrected chi connectivity index (χ4v) is 5.92. The van der Waals surface area contributed by atoms with Gasteiger partial charge in [-0.25, -0.2) is 19.0 Å². The molecule has 1 N–H and O–H groups in total. The Morgan fingerprint density at radius 3 is 2.58 bits per heavy atom. The lowest BCUT2D eigenvalue weighted by molar-refractivity contribution is 0.0486. The highest BCUT2D eigenvalue weighted by molar-refractivity contribution is 5.68. The average Bonchev–Trinajstić information content (AvgIpc) is 3.22. The first-order valence-electron chi connectivity index (χ1n) is 14.4. The summed E-state index contributed by atoms with van der Waals surface area (Å²) in [4.78, 5) is 33.8. The zero-order chi connectivity index (χ0) is 29.0. The van der Waals surface area contributed by atoms with Gasteiger partial charge in [0.1, 0.15) is 17.2 Å². The maximum atomic E-state index is 14.1. The van der Waals surface area contributed by atoms with E-state index in [4.69, 9.17) is 14.5 Å². The molecule has 2 atom stereocenters. The first-order valence-corrected chi connectivity index (χ1v) is 14.4. The molecule has 1 saturated heterocycles. The summed E-state index contributed by atoms with van der Waals surface area (Å²) in [6.45, 7) is 14.8. The van der Waals surface area contributed by atoms with Gasteiger partial charge in [-0.3, -0.25) is 0 Å². The molecule has 2 aromatic rings. The summed E-state index contributed by atoms with van der Waals surface area (Å²) >= 11 is 0. The summed E-state index contributed by atoms with van der Waals surface area (Å²) in [5.41, 5.74) is 2.31. The largest absolute Gasteiger partial charge is 0.450 e. The molecule has 1 unspecified atom stereocenters. The number of carbonyl (C=O) groups is 2. The zero-order valence-electron chi connectivity index (χ0n) is 24.7. The molecule has 9 nitrogen and oxygen atoms in total. The fourth-order valence-electron chi connectivity index (χ4n) is 5.92. The summed E-state index contributed by atoms with van der Waals surface area (Å²) in [7, 11) is 0. The predicted octanol–water partition coefficient (Wildman–Crippen LogP) is 5.53. The molecule has 4 rings (SSSR count). The van der Waals surface area contributed by atoms with Crippen LogP contribution in [0.2, 0.25) is 0 Å². The van der Waals surface area contributed by atoms with Crippen molar-refractivity contribution in [3.63, 3.8) is 0 Å². The SMILES string of the molecule is CCOC(=O)N1CCc2c(nc(C)n2C2CCN(C(C)C[C@H](NC(=O)OC(C)(C)C)c3cccc(F)c3)CC2)C1. The highest BCUT2D eigenvalue weighted by Crippen LogP contribution is 2.32. The van der Waals surface area contributed by atoms with Gasteiger partial charge < -0.3 is 29.2 Å². The molecule has 0 radical (unpaired) electrons. The van der Waals surface area contributed by atoms with Crippen molar-refractivity contribution in [2.75, 3.05) is 26.2 Å². The van der Waals surface area contributed by atoms with Crippen molar-refractivity contribution in [2.24, 2.45) is 0 Å². The maximum absolute atomic E-state index is 14.1. The number of alkyl carbamates (subject to hydrolysis) is 1. The highest BCUT2D eigenvalue weighted by atomic mass is 19.1. The molecule has 2 aliphatic rings. The Bertz CT molecular complexity index is 1190. The third-order valence-corrected chi connectivity index (χ3v) is 7.76. The number of hydrogen-bond acceptors (Lipinski definition) is 6.